The zero-order valence-corrected chi connectivity index (χ0v) is 5.62. The van der Waals surface area contributed by atoms with Gasteiger partial charge in [0.05, 0.1) is 0 Å². The molecule has 0 aromatic carbocycles. The first-order chi connectivity index (χ1) is 3.84. The van der Waals surface area contributed by atoms with Crippen LogP contribution in [-0.4, -0.2) is 12.2 Å². The third-order valence-corrected chi connectivity index (χ3v) is 1.56. The van der Waals surface area contributed by atoms with Crippen LogP contribution in [0.4, 0.5) is 0 Å². The predicted molar refractivity (Wildman–Crippen MR) is 34.4 cm³/mol. The van der Waals surface area contributed by atoms with E-state index in [0.29, 0.717) is 5.92 Å². The van der Waals surface area contributed by atoms with Crippen molar-refractivity contribution in [2.24, 2.45) is 5.92 Å². The third kappa shape index (κ3) is 1.40. The third-order valence-electron chi connectivity index (χ3n) is 1.15. The molecule has 46 valence electrons. The summed E-state index contributed by atoms with van der Waals surface area (Å²) in [5.41, 5.74) is 0. The minimum atomic E-state index is 0.206. The van der Waals surface area contributed by atoms with Crippen LogP contribution in [0, 0.1) is 5.92 Å². The summed E-state index contributed by atoms with van der Waals surface area (Å²) in [6, 6.07) is 0. The van der Waals surface area contributed by atoms with Gasteiger partial charge in [-0.3, -0.25) is 4.79 Å². The highest BCUT2D eigenvalue weighted by atomic mass is 32.2. The van der Waals surface area contributed by atoms with Crippen molar-refractivity contribution in [3.63, 3.8) is 0 Å². The molecule has 0 radical (unpaired) electrons. The molecule has 1 fully saturated rings. The predicted octanol–water partition coefficient (Wildman–Crippen LogP) is 0.791. The molecule has 0 unspecified atom stereocenters. The summed E-state index contributed by atoms with van der Waals surface area (Å²) in [7, 11) is 0. The average Bonchev–Trinajstić information content (AvgIpc) is 2.45. The largest absolute Gasteiger partial charge is 0.300 e. The smallest absolute Gasteiger partial charge is 0.232 e. The van der Waals surface area contributed by atoms with Gasteiger partial charge in [-0.05, 0) is 12.8 Å². The maximum Gasteiger partial charge on any atom is 0.232 e. The molecule has 0 heterocycles. The van der Waals surface area contributed by atoms with Crippen LogP contribution >= 0.6 is 11.9 Å². The lowest BCUT2D eigenvalue weighted by Crippen LogP contribution is -2.16. The lowest BCUT2D eigenvalue weighted by molar-refractivity contribution is -0.120. The Labute approximate surface area is 53.2 Å². The maximum absolute atomic E-state index is 10.7. The average molecular weight is 131 g/mol. The van der Waals surface area contributed by atoms with Crippen LogP contribution < -0.4 is 4.72 Å². The van der Waals surface area contributed by atoms with E-state index in [1.807, 2.05) is 6.26 Å². The summed E-state index contributed by atoms with van der Waals surface area (Å²) in [6.07, 6.45) is 4.04. The molecule has 1 N–H and O–H groups in total. The van der Waals surface area contributed by atoms with Gasteiger partial charge in [0.2, 0.25) is 5.91 Å². The van der Waals surface area contributed by atoms with Gasteiger partial charge in [0, 0.05) is 12.2 Å². The van der Waals surface area contributed by atoms with Crippen molar-refractivity contribution >= 4 is 17.9 Å². The summed E-state index contributed by atoms with van der Waals surface area (Å²) < 4.78 is 2.69. The molecule has 1 aliphatic rings. The van der Waals surface area contributed by atoms with Crippen LogP contribution in [0.25, 0.3) is 0 Å². The highest BCUT2D eigenvalue weighted by molar-refractivity contribution is 7.97. The summed E-state index contributed by atoms with van der Waals surface area (Å²) in [4.78, 5) is 10.7. The minimum Gasteiger partial charge on any atom is -0.300 e. The topological polar surface area (TPSA) is 29.1 Å². The molecule has 0 bridgehead atoms. The number of carbonyl (C=O) groups excluding carboxylic acids is 1. The number of rotatable bonds is 2. The molecule has 3 heteroatoms. The Morgan fingerprint density at radius 3 is 2.75 bits per heavy atom. The van der Waals surface area contributed by atoms with Gasteiger partial charge in [-0.25, -0.2) is 0 Å². The van der Waals surface area contributed by atoms with E-state index in [1.54, 1.807) is 0 Å². The van der Waals surface area contributed by atoms with E-state index < -0.39 is 0 Å². The molecule has 8 heavy (non-hydrogen) atoms. The van der Waals surface area contributed by atoms with E-state index in [4.69, 9.17) is 0 Å². The van der Waals surface area contributed by atoms with E-state index in [-0.39, 0.29) is 5.91 Å². The summed E-state index contributed by atoms with van der Waals surface area (Å²) in [5, 5.41) is 0. The second-order valence-electron chi connectivity index (χ2n) is 1.94. The molecule has 2 nitrogen and oxygen atoms in total. The van der Waals surface area contributed by atoms with Crippen LogP contribution in [0.2, 0.25) is 0 Å². The van der Waals surface area contributed by atoms with Crippen molar-refractivity contribution in [2.45, 2.75) is 12.8 Å². The fraction of sp³-hybridized carbons (Fsp3) is 0.800. The van der Waals surface area contributed by atoms with E-state index in [0.717, 1.165) is 12.8 Å². The molecule has 0 aromatic heterocycles. The number of carbonyl (C=O) groups is 1. The van der Waals surface area contributed by atoms with Crippen molar-refractivity contribution in [3.8, 4) is 0 Å². The summed E-state index contributed by atoms with van der Waals surface area (Å²) in [5.74, 6) is 0.556. The SMILES string of the molecule is CSNC(=O)C1CC1. The van der Waals surface area contributed by atoms with Crippen LogP contribution in [0.1, 0.15) is 12.8 Å². The van der Waals surface area contributed by atoms with Gasteiger partial charge in [-0.1, -0.05) is 11.9 Å². The van der Waals surface area contributed by atoms with Gasteiger partial charge in [-0.2, -0.15) is 0 Å². The first kappa shape index (κ1) is 5.95. The van der Waals surface area contributed by atoms with Gasteiger partial charge < -0.3 is 4.72 Å². The minimum absolute atomic E-state index is 0.206. The monoisotopic (exact) mass is 131 g/mol. The fourth-order valence-electron chi connectivity index (χ4n) is 0.529. The Morgan fingerprint density at radius 1 is 1.75 bits per heavy atom. The first-order valence-electron chi connectivity index (χ1n) is 2.67. The molecule has 1 aliphatic carbocycles. The summed E-state index contributed by atoms with van der Waals surface area (Å²) >= 11 is 1.38. The van der Waals surface area contributed by atoms with E-state index in [9.17, 15) is 4.79 Å². The molecular weight excluding hydrogens is 122 g/mol. The highest BCUT2D eigenvalue weighted by Gasteiger charge is 2.28. The molecule has 1 saturated carbocycles. The molecule has 1 amide bonds. The van der Waals surface area contributed by atoms with Crippen molar-refractivity contribution in [2.75, 3.05) is 6.26 Å². The van der Waals surface area contributed by atoms with Gasteiger partial charge >= 0.3 is 0 Å². The first-order valence-corrected chi connectivity index (χ1v) is 3.90. The lowest BCUT2D eigenvalue weighted by Gasteiger charge is -1.94. The molecule has 0 aliphatic heterocycles. The normalized spacial score (nSPS) is 18.1. The Bertz CT molecular complexity index is 101. The van der Waals surface area contributed by atoms with Gasteiger partial charge in [0.25, 0.3) is 0 Å². The Balaban J connectivity index is 2.13. The Hall–Kier alpha value is -0.180. The Kier molecular flexibility index (Phi) is 1.78. The number of amides is 1. The van der Waals surface area contributed by atoms with E-state index in [1.165, 1.54) is 11.9 Å². The molecule has 0 saturated heterocycles. The summed E-state index contributed by atoms with van der Waals surface area (Å²) in [6.45, 7) is 0. The van der Waals surface area contributed by atoms with Crippen LogP contribution in [-0.2, 0) is 4.79 Å². The van der Waals surface area contributed by atoms with Crippen LogP contribution in [0.3, 0.4) is 0 Å². The van der Waals surface area contributed by atoms with Crippen molar-refractivity contribution in [1.82, 2.24) is 4.72 Å². The van der Waals surface area contributed by atoms with Gasteiger partial charge in [-0.15, -0.1) is 0 Å². The molecular formula is C5H9NOS. The lowest BCUT2D eigenvalue weighted by atomic mass is 10.4. The number of hydrogen-bond donors (Lipinski definition) is 1. The Morgan fingerprint density at radius 2 is 2.38 bits per heavy atom. The molecule has 0 atom stereocenters. The number of hydrogen-bond acceptors (Lipinski definition) is 2. The van der Waals surface area contributed by atoms with Crippen molar-refractivity contribution in [1.29, 1.82) is 0 Å². The van der Waals surface area contributed by atoms with E-state index in [2.05, 4.69) is 4.72 Å². The highest BCUT2D eigenvalue weighted by Crippen LogP contribution is 2.29. The van der Waals surface area contributed by atoms with Crippen LogP contribution in [0.5, 0.6) is 0 Å². The molecule has 1 rings (SSSR count). The fourth-order valence-corrected chi connectivity index (χ4v) is 0.897. The van der Waals surface area contributed by atoms with E-state index >= 15 is 0 Å². The second kappa shape index (κ2) is 2.40. The van der Waals surface area contributed by atoms with Crippen molar-refractivity contribution < 1.29 is 4.79 Å². The van der Waals surface area contributed by atoms with Gasteiger partial charge in [0.15, 0.2) is 0 Å². The second-order valence-corrected chi connectivity index (χ2v) is 2.56. The zero-order chi connectivity index (χ0) is 5.98. The maximum atomic E-state index is 10.7. The molecule has 0 spiro atoms. The zero-order valence-electron chi connectivity index (χ0n) is 4.81. The number of nitrogens with one attached hydrogen (secondary N) is 1. The standard InChI is InChI=1S/C5H9NOS/c1-8-6-5(7)4-2-3-4/h4H,2-3H2,1H3,(H,6,7). The molecule has 0 aromatic rings. The van der Waals surface area contributed by atoms with Crippen molar-refractivity contribution in [3.05, 3.63) is 0 Å². The van der Waals surface area contributed by atoms with Gasteiger partial charge in [0.1, 0.15) is 0 Å². The quantitative estimate of drug-likeness (QED) is 0.561. The van der Waals surface area contributed by atoms with Crippen LogP contribution in [0.15, 0.2) is 0 Å².